The molecular weight excluding hydrogens is 592 g/mol. The Kier molecular flexibility index (Phi) is 12.2. The van der Waals surface area contributed by atoms with Crippen LogP contribution in [0.3, 0.4) is 0 Å². The maximum absolute atomic E-state index is 13.8. The standard InChI is InChI=1S/C37H54N6O4/c1-9-43(30-14-12-29(13-15-30)40-36(46)47-37(5,6)7)33-23-28(11-10-16-42-19-17-41(8)18-20-42)22-31(27(33)4)34(44)38-24-32-25(2)21-26(3)39-35(32)45/h21-23,29-30H,9,12-20,24H2,1-8H3,(H,38,44)(H,39,45)(H,40,46). The molecule has 1 saturated heterocycles. The second kappa shape index (κ2) is 15.9. The number of likely N-dealkylation sites (N-methyl/N-ethyl adjacent to an activating group) is 1. The lowest BCUT2D eigenvalue weighted by atomic mass is 9.89. The van der Waals surface area contributed by atoms with Crippen LogP contribution in [-0.4, -0.2) is 90.8 Å². The minimum absolute atomic E-state index is 0.0717. The molecule has 2 amide bonds. The summed E-state index contributed by atoms with van der Waals surface area (Å²) in [6.45, 7) is 19.1. The lowest BCUT2D eigenvalue weighted by Gasteiger charge is -2.39. The zero-order valence-electron chi connectivity index (χ0n) is 29.6. The molecule has 2 aromatic rings. The third-order valence-electron chi connectivity index (χ3n) is 9.18. The number of benzene rings is 1. The number of alkyl carbamates (subject to hydrolysis) is 1. The first-order valence-corrected chi connectivity index (χ1v) is 17.0. The van der Waals surface area contributed by atoms with Crippen LogP contribution >= 0.6 is 0 Å². The van der Waals surface area contributed by atoms with Gasteiger partial charge in [-0.2, -0.15) is 0 Å². The number of piperazine rings is 1. The van der Waals surface area contributed by atoms with Gasteiger partial charge in [0.2, 0.25) is 0 Å². The largest absolute Gasteiger partial charge is 0.444 e. The van der Waals surface area contributed by atoms with E-state index in [1.54, 1.807) is 0 Å². The minimum Gasteiger partial charge on any atom is -0.444 e. The van der Waals surface area contributed by atoms with Crippen LogP contribution in [0.4, 0.5) is 10.5 Å². The molecule has 1 aromatic heterocycles. The average Bonchev–Trinajstić information content (AvgIpc) is 2.99. The van der Waals surface area contributed by atoms with Gasteiger partial charge in [-0.3, -0.25) is 14.5 Å². The molecule has 3 N–H and O–H groups in total. The SMILES string of the molecule is CCN(c1cc(C#CCN2CCN(C)CC2)cc(C(=O)NCc2c(C)cc(C)[nH]c2=O)c1C)C1CCC(NC(=O)OC(C)(C)C)CC1. The minimum atomic E-state index is -0.533. The number of nitrogens with one attached hydrogen (secondary N) is 3. The number of hydrogen-bond donors (Lipinski definition) is 3. The molecule has 0 spiro atoms. The van der Waals surface area contributed by atoms with Crippen molar-refractivity contribution < 1.29 is 14.3 Å². The van der Waals surface area contributed by atoms with E-state index in [9.17, 15) is 14.4 Å². The van der Waals surface area contributed by atoms with Gasteiger partial charge in [0.1, 0.15) is 5.60 Å². The Morgan fingerprint density at radius 2 is 1.72 bits per heavy atom. The number of nitrogens with zero attached hydrogens (tertiary/aromatic N) is 3. The summed E-state index contributed by atoms with van der Waals surface area (Å²) in [6.07, 6.45) is 3.14. The van der Waals surface area contributed by atoms with Crippen LogP contribution in [0.25, 0.3) is 0 Å². The molecule has 10 nitrogen and oxygen atoms in total. The number of anilines is 1. The van der Waals surface area contributed by atoms with Gasteiger partial charge in [0, 0.05) is 79.4 Å². The zero-order valence-corrected chi connectivity index (χ0v) is 29.6. The van der Waals surface area contributed by atoms with E-state index in [4.69, 9.17) is 4.74 Å². The van der Waals surface area contributed by atoms with Crippen molar-refractivity contribution in [3.8, 4) is 11.8 Å². The lowest BCUT2D eigenvalue weighted by molar-refractivity contribution is 0.0491. The fraction of sp³-hybridized carbons (Fsp3) is 0.595. The number of amides is 2. The second-order valence-electron chi connectivity index (χ2n) is 14.1. The summed E-state index contributed by atoms with van der Waals surface area (Å²) >= 11 is 0. The Morgan fingerprint density at radius 3 is 2.34 bits per heavy atom. The third-order valence-corrected chi connectivity index (χ3v) is 9.18. The number of rotatable bonds is 8. The summed E-state index contributed by atoms with van der Waals surface area (Å²) in [5, 5.41) is 6.06. The Labute approximate surface area is 280 Å². The quantitative estimate of drug-likeness (QED) is 0.363. The lowest BCUT2D eigenvalue weighted by Crippen LogP contribution is -2.45. The summed E-state index contributed by atoms with van der Waals surface area (Å²) in [4.78, 5) is 48.7. The van der Waals surface area contributed by atoms with Gasteiger partial charge in [-0.15, -0.1) is 0 Å². The number of aryl methyl sites for hydroxylation is 2. The molecule has 1 saturated carbocycles. The first-order valence-electron chi connectivity index (χ1n) is 17.0. The first kappa shape index (κ1) is 36.0. The van der Waals surface area contributed by atoms with Crippen LogP contribution in [-0.2, 0) is 11.3 Å². The van der Waals surface area contributed by atoms with Crippen molar-refractivity contribution >= 4 is 17.7 Å². The van der Waals surface area contributed by atoms with Crippen molar-refractivity contribution in [2.45, 2.75) is 98.4 Å². The van der Waals surface area contributed by atoms with Crippen molar-refractivity contribution in [3.63, 3.8) is 0 Å². The van der Waals surface area contributed by atoms with E-state index in [1.165, 1.54) is 0 Å². The molecule has 4 rings (SSSR count). The molecule has 0 bridgehead atoms. The van der Waals surface area contributed by atoms with E-state index >= 15 is 0 Å². The molecule has 2 heterocycles. The molecule has 2 fully saturated rings. The van der Waals surface area contributed by atoms with Gasteiger partial charge in [-0.1, -0.05) is 11.8 Å². The number of pyridine rings is 1. The number of ether oxygens (including phenoxy) is 1. The molecule has 10 heteroatoms. The van der Waals surface area contributed by atoms with Crippen LogP contribution < -0.4 is 21.1 Å². The van der Waals surface area contributed by atoms with E-state index in [2.05, 4.69) is 62.2 Å². The Bertz CT molecular complexity index is 1530. The van der Waals surface area contributed by atoms with Crippen LogP contribution in [0, 0.1) is 32.6 Å². The molecule has 1 aromatic carbocycles. The van der Waals surface area contributed by atoms with Crippen LogP contribution in [0.1, 0.15) is 91.7 Å². The van der Waals surface area contributed by atoms with Crippen molar-refractivity contribution in [2.75, 3.05) is 51.2 Å². The van der Waals surface area contributed by atoms with Crippen molar-refractivity contribution in [1.82, 2.24) is 25.4 Å². The fourth-order valence-electron chi connectivity index (χ4n) is 6.56. The molecule has 2 aliphatic rings. The van der Waals surface area contributed by atoms with E-state index < -0.39 is 5.60 Å². The van der Waals surface area contributed by atoms with Crippen molar-refractivity contribution in [2.24, 2.45) is 0 Å². The number of aromatic amines is 1. The Hall–Kier alpha value is -3.81. The highest BCUT2D eigenvalue weighted by molar-refractivity contribution is 5.97. The number of hydrogen-bond acceptors (Lipinski definition) is 7. The van der Waals surface area contributed by atoms with Gasteiger partial charge in [0.15, 0.2) is 0 Å². The normalized spacial score (nSPS) is 19.0. The summed E-state index contributed by atoms with van der Waals surface area (Å²) in [5.41, 5.74) is 4.72. The topological polar surface area (TPSA) is 110 Å². The predicted molar refractivity (Wildman–Crippen MR) is 188 cm³/mol. The van der Waals surface area contributed by atoms with Crippen LogP contribution in [0.15, 0.2) is 23.0 Å². The van der Waals surface area contributed by atoms with Crippen molar-refractivity contribution in [3.05, 3.63) is 62.1 Å². The monoisotopic (exact) mass is 646 g/mol. The highest BCUT2D eigenvalue weighted by atomic mass is 16.6. The molecule has 1 aliphatic heterocycles. The zero-order chi connectivity index (χ0) is 34.3. The molecule has 0 atom stereocenters. The van der Waals surface area contributed by atoms with Gasteiger partial charge in [-0.05, 0) is 111 Å². The highest BCUT2D eigenvalue weighted by Gasteiger charge is 2.29. The third kappa shape index (κ3) is 10.1. The van der Waals surface area contributed by atoms with Crippen LogP contribution in [0.2, 0.25) is 0 Å². The summed E-state index contributed by atoms with van der Waals surface area (Å²) in [7, 11) is 2.14. The number of H-pyrrole nitrogens is 1. The highest BCUT2D eigenvalue weighted by Crippen LogP contribution is 2.32. The molecule has 0 radical (unpaired) electrons. The fourth-order valence-corrected chi connectivity index (χ4v) is 6.56. The smallest absolute Gasteiger partial charge is 0.407 e. The molecule has 1 aliphatic carbocycles. The first-order chi connectivity index (χ1) is 22.2. The number of carbonyl (C=O) groups is 2. The maximum Gasteiger partial charge on any atom is 0.407 e. The predicted octanol–water partition coefficient (Wildman–Crippen LogP) is 4.49. The summed E-state index contributed by atoms with van der Waals surface area (Å²) in [5.74, 6) is 6.50. The van der Waals surface area contributed by atoms with E-state index in [0.29, 0.717) is 17.7 Å². The van der Waals surface area contributed by atoms with Crippen LogP contribution in [0.5, 0.6) is 0 Å². The maximum atomic E-state index is 13.8. The van der Waals surface area contributed by atoms with Gasteiger partial charge in [0.25, 0.3) is 11.5 Å². The molecule has 0 unspecified atom stereocenters. The number of aromatic nitrogens is 1. The second-order valence-corrected chi connectivity index (χ2v) is 14.1. The van der Waals surface area contributed by atoms with E-state index in [-0.39, 0.29) is 36.2 Å². The molecular formula is C37H54N6O4. The summed E-state index contributed by atoms with van der Waals surface area (Å²) < 4.78 is 5.48. The van der Waals surface area contributed by atoms with E-state index in [1.807, 2.05) is 53.7 Å². The van der Waals surface area contributed by atoms with Crippen molar-refractivity contribution in [1.29, 1.82) is 0 Å². The van der Waals surface area contributed by atoms with E-state index in [0.717, 1.165) is 86.5 Å². The summed E-state index contributed by atoms with van der Waals surface area (Å²) in [6, 6.07) is 6.25. The number of carbonyl (C=O) groups excluding carboxylic acids is 2. The molecule has 256 valence electrons. The van der Waals surface area contributed by atoms with Gasteiger partial charge >= 0.3 is 6.09 Å². The van der Waals surface area contributed by atoms with Gasteiger partial charge in [-0.25, -0.2) is 4.79 Å². The average molecular weight is 647 g/mol. The Morgan fingerprint density at radius 1 is 1.04 bits per heavy atom. The Balaban J connectivity index is 1.56. The van der Waals surface area contributed by atoms with Gasteiger partial charge in [0.05, 0.1) is 6.54 Å². The van der Waals surface area contributed by atoms with Gasteiger partial charge < -0.3 is 30.2 Å². The molecule has 47 heavy (non-hydrogen) atoms.